The predicted octanol–water partition coefficient (Wildman–Crippen LogP) is 3.90. The number of nitrogens with one attached hydrogen (secondary N) is 1. The molecule has 1 N–H and O–H groups in total. The summed E-state index contributed by atoms with van der Waals surface area (Å²) in [5, 5.41) is 4.20. The van der Waals surface area contributed by atoms with Crippen LogP contribution < -0.4 is 10.1 Å². The molecule has 5 heteroatoms. The highest BCUT2D eigenvalue weighted by molar-refractivity contribution is 9.10. The number of pyridine rings is 2. The molecule has 0 fully saturated rings. The van der Waals surface area contributed by atoms with Crippen molar-refractivity contribution in [3.8, 4) is 11.6 Å². The largest absolute Gasteiger partial charge is 0.439 e. The van der Waals surface area contributed by atoms with Crippen LogP contribution in [0.15, 0.2) is 53.3 Å². The van der Waals surface area contributed by atoms with E-state index in [0.29, 0.717) is 12.4 Å². The Bertz CT molecular complexity index is 776. The fourth-order valence-corrected chi connectivity index (χ4v) is 2.48. The second kappa shape index (κ2) is 6.20. The molecule has 3 rings (SSSR count). The zero-order chi connectivity index (χ0) is 14.7. The molecule has 0 saturated heterocycles. The van der Waals surface area contributed by atoms with E-state index in [-0.39, 0.29) is 0 Å². The van der Waals surface area contributed by atoms with E-state index in [1.165, 1.54) is 0 Å². The first-order chi connectivity index (χ1) is 10.3. The molecule has 2 heterocycles. The summed E-state index contributed by atoms with van der Waals surface area (Å²) in [5.74, 6) is 1.33. The third-order valence-electron chi connectivity index (χ3n) is 3.05. The molecule has 2 aromatic heterocycles. The van der Waals surface area contributed by atoms with Crippen LogP contribution in [0.1, 0.15) is 5.56 Å². The zero-order valence-electron chi connectivity index (χ0n) is 11.5. The number of ether oxygens (including phenoxy) is 1. The summed E-state index contributed by atoms with van der Waals surface area (Å²) in [6, 6.07) is 11.8. The maximum absolute atomic E-state index is 5.91. The minimum Gasteiger partial charge on any atom is -0.439 e. The van der Waals surface area contributed by atoms with Gasteiger partial charge in [-0.3, -0.25) is 4.98 Å². The lowest BCUT2D eigenvalue weighted by atomic mass is 10.2. The average Bonchev–Trinajstić information content (AvgIpc) is 2.50. The van der Waals surface area contributed by atoms with Gasteiger partial charge in [0.1, 0.15) is 5.75 Å². The SMILES string of the molecule is CNCc1cc(Br)cnc1Oc1ccc2cccnc2c1. The summed E-state index contributed by atoms with van der Waals surface area (Å²) >= 11 is 3.43. The smallest absolute Gasteiger partial charge is 0.223 e. The standard InChI is InChI=1S/C16H14BrN3O/c1-18-9-12-7-13(17)10-20-16(12)21-14-5-4-11-3-2-6-19-15(11)8-14/h2-8,10,18H,9H2,1H3. The van der Waals surface area contributed by atoms with Crippen molar-refractivity contribution < 1.29 is 4.74 Å². The van der Waals surface area contributed by atoms with E-state index < -0.39 is 0 Å². The van der Waals surface area contributed by atoms with E-state index in [0.717, 1.165) is 26.7 Å². The Kier molecular flexibility index (Phi) is 4.13. The molecule has 0 unspecified atom stereocenters. The van der Waals surface area contributed by atoms with Crippen molar-refractivity contribution >= 4 is 26.8 Å². The summed E-state index contributed by atoms with van der Waals surface area (Å²) in [6.45, 7) is 0.688. The van der Waals surface area contributed by atoms with Gasteiger partial charge in [-0.25, -0.2) is 4.98 Å². The molecule has 3 aromatic rings. The van der Waals surface area contributed by atoms with Gasteiger partial charge in [0.2, 0.25) is 5.88 Å². The molecule has 0 amide bonds. The van der Waals surface area contributed by atoms with E-state index in [2.05, 4.69) is 31.2 Å². The quantitative estimate of drug-likeness (QED) is 0.780. The Hall–Kier alpha value is -1.98. The van der Waals surface area contributed by atoms with Crippen LogP contribution in [0, 0.1) is 0 Å². The van der Waals surface area contributed by atoms with Crippen LogP contribution in [-0.4, -0.2) is 17.0 Å². The Labute approximate surface area is 131 Å². The van der Waals surface area contributed by atoms with Crippen LogP contribution in [0.25, 0.3) is 10.9 Å². The van der Waals surface area contributed by atoms with Gasteiger partial charge in [-0.1, -0.05) is 6.07 Å². The lowest BCUT2D eigenvalue weighted by Gasteiger charge is -2.10. The highest BCUT2D eigenvalue weighted by Gasteiger charge is 2.08. The number of nitrogens with zero attached hydrogens (tertiary/aromatic N) is 2. The fourth-order valence-electron chi connectivity index (χ4n) is 2.10. The molecule has 0 bridgehead atoms. The molecule has 0 saturated carbocycles. The first-order valence-electron chi connectivity index (χ1n) is 6.58. The van der Waals surface area contributed by atoms with E-state index in [4.69, 9.17) is 4.74 Å². The van der Waals surface area contributed by atoms with Gasteiger partial charge in [0.05, 0.1) is 5.52 Å². The molecule has 0 aliphatic carbocycles. The van der Waals surface area contributed by atoms with Gasteiger partial charge in [0.15, 0.2) is 0 Å². The number of hydrogen-bond acceptors (Lipinski definition) is 4. The Morgan fingerprint density at radius 1 is 1.19 bits per heavy atom. The molecule has 0 radical (unpaired) electrons. The summed E-state index contributed by atoms with van der Waals surface area (Å²) in [4.78, 5) is 8.68. The van der Waals surface area contributed by atoms with Crippen molar-refractivity contribution in [1.29, 1.82) is 0 Å². The number of rotatable bonds is 4. The van der Waals surface area contributed by atoms with Crippen LogP contribution >= 0.6 is 15.9 Å². The minimum atomic E-state index is 0.600. The third-order valence-corrected chi connectivity index (χ3v) is 3.48. The van der Waals surface area contributed by atoms with Crippen LogP contribution in [0.4, 0.5) is 0 Å². The van der Waals surface area contributed by atoms with Crippen LogP contribution in [-0.2, 0) is 6.54 Å². The Morgan fingerprint density at radius 3 is 2.95 bits per heavy atom. The third kappa shape index (κ3) is 3.20. The molecule has 0 aliphatic rings. The number of halogens is 1. The van der Waals surface area contributed by atoms with Crippen LogP contribution in [0.2, 0.25) is 0 Å². The van der Waals surface area contributed by atoms with E-state index in [1.54, 1.807) is 12.4 Å². The van der Waals surface area contributed by atoms with Gasteiger partial charge in [-0.15, -0.1) is 0 Å². The second-order valence-corrected chi connectivity index (χ2v) is 5.52. The molecule has 21 heavy (non-hydrogen) atoms. The van der Waals surface area contributed by atoms with Gasteiger partial charge >= 0.3 is 0 Å². The molecule has 0 atom stereocenters. The summed E-state index contributed by atoms with van der Waals surface area (Å²) in [5.41, 5.74) is 1.90. The Balaban J connectivity index is 1.94. The highest BCUT2D eigenvalue weighted by atomic mass is 79.9. The van der Waals surface area contributed by atoms with Crippen molar-refractivity contribution in [2.75, 3.05) is 7.05 Å². The number of benzene rings is 1. The highest BCUT2D eigenvalue weighted by Crippen LogP contribution is 2.27. The summed E-state index contributed by atoms with van der Waals surface area (Å²) in [6.07, 6.45) is 3.50. The van der Waals surface area contributed by atoms with Gasteiger partial charge in [-0.2, -0.15) is 0 Å². The number of hydrogen-bond donors (Lipinski definition) is 1. The van der Waals surface area contributed by atoms with Gasteiger partial charge in [0.25, 0.3) is 0 Å². The average molecular weight is 344 g/mol. The van der Waals surface area contributed by atoms with E-state index in [1.807, 2.05) is 43.4 Å². The van der Waals surface area contributed by atoms with Gasteiger partial charge in [-0.05, 0) is 47.2 Å². The first kappa shape index (κ1) is 14.0. The lowest BCUT2D eigenvalue weighted by Crippen LogP contribution is -2.07. The summed E-state index contributed by atoms with van der Waals surface area (Å²) in [7, 11) is 1.89. The minimum absolute atomic E-state index is 0.600. The second-order valence-electron chi connectivity index (χ2n) is 4.61. The van der Waals surface area contributed by atoms with Gasteiger partial charge < -0.3 is 10.1 Å². The molecule has 0 spiro atoms. The van der Waals surface area contributed by atoms with E-state index in [9.17, 15) is 0 Å². The fraction of sp³-hybridized carbons (Fsp3) is 0.125. The zero-order valence-corrected chi connectivity index (χ0v) is 13.1. The molecule has 0 aliphatic heterocycles. The number of aromatic nitrogens is 2. The first-order valence-corrected chi connectivity index (χ1v) is 7.37. The van der Waals surface area contributed by atoms with Crippen molar-refractivity contribution in [1.82, 2.24) is 15.3 Å². The molecule has 1 aromatic carbocycles. The monoisotopic (exact) mass is 343 g/mol. The topological polar surface area (TPSA) is 47.0 Å². The van der Waals surface area contributed by atoms with Gasteiger partial charge in [0, 0.05) is 40.4 Å². The van der Waals surface area contributed by atoms with Crippen molar-refractivity contribution in [2.45, 2.75) is 6.54 Å². The molecular formula is C16H14BrN3O. The lowest BCUT2D eigenvalue weighted by molar-refractivity contribution is 0.454. The maximum Gasteiger partial charge on any atom is 0.223 e. The molecule has 4 nitrogen and oxygen atoms in total. The Morgan fingerprint density at radius 2 is 2.10 bits per heavy atom. The van der Waals surface area contributed by atoms with Crippen molar-refractivity contribution in [3.05, 3.63) is 58.8 Å². The van der Waals surface area contributed by atoms with Crippen LogP contribution in [0.5, 0.6) is 11.6 Å². The predicted molar refractivity (Wildman–Crippen MR) is 86.5 cm³/mol. The van der Waals surface area contributed by atoms with Crippen molar-refractivity contribution in [2.24, 2.45) is 0 Å². The van der Waals surface area contributed by atoms with Crippen LogP contribution in [0.3, 0.4) is 0 Å². The summed E-state index contributed by atoms with van der Waals surface area (Å²) < 4.78 is 6.84. The molecule has 106 valence electrons. The maximum atomic E-state index is 5.91. The number of fused-ring (bicyclic) bond motifs is 1. The normalized spacial score (nSPS) is 10.8. The van der Waals surface area contributed by atoms with Crippen molar-refractivity contribution in [3.63, 3.8) is 0 Å². The molecular weight excluding hydrogens is 330 g/mol. The van der Waals surface area contributed by atoms with E-state index >= 15 is 0 Å².